The summed E-state index contributed by atoms with van der Waals surface area (Å²) in [6.07, 6.45) is 4.66. The number of benzene rings is 1. The van der Waals surface area contributed by atoms with Crippen molar-refractivity contribution in [1.82, 2.24) is 4.90 Å². The van der Waals surface area contributed by atoms with Gasteiger partial charge in [0.15, 0.2) is 5.72 Å². The van der Waals surface area contributed by atoms with E-state index in [1.54, 1.807) is 4.90 Å². The summed E-state index contributed by atoms with van der Waals surface area (Å²) in [4.78, 5) is 19.9. The largest absolute Gasteiger partial charge is 0.368 e. The number of aliphatic imine (C=N–C) groups is 1. The average Bonchev–Trinajstić information content (AvgIpc) is 2.63. The second kappa shape index (κ2) is 6.97. The predicted octanol–water partition coefficient (Wildman–Crippen LogP) is 3.24. The first kappa shape index (κ1) is 17.6. The zero-order valence-electron chi connectivity index (χ0n) is 14.7. The second-order valence-electron chi connectivity index (χ2n) is 7.02. The Kier molecular flexibility index (Phi) is 4.91. The normalized spacial score (nSPS) is 28.9. The number of hydrogen-bond acceptors (Lipinski definition) is 4. The summed E-state index contributed by atoms with van der Waals surface area (Å²) in [7, 11) is 0. The molecule has 1 fully saturated rings. The third kappa shape index (κ3) is 2.85. The molecule has 0 bridgehead atoms. The Balaban J connectivity index is 2.14. The van der Waals surface area contributed by atoms with Gasteiger partial charge in [0, 0.05) is 12.1 Å². The van der Waals surface area contributed by atoms with E-state index in [4.69, 9.17) is 10.3 Å². The highest BCUT2D eigenvalue weighted by molar-refractivity contribution is 6.11. The molecule has 1 aromatic rings. The quantitative estimate of drug-likeness (QED) is 0.894. The third-order valence-corrected chi connectivity index (χ3v) is 5.50. The molecule has 0 saturated heterocycles. The van der Waals surface area contributed by atoms with E-state index in [1.807, 2.05) is 37.3 Å². The maximum atomic E-state index is 13.5. The summed E-state index contributed by atoms with van der Waals surface area (Å²) < 4.78 is 0. The summed E-state index contributed by atoms with van der Waals surface area (Å²) in [5, 5.41) is 20.4. The Bertz CT molecular complexity index is 705. The Labute approximate surface area is 149 Å². The second-order valence-corrected chi connectivity index (χ2v) is 7.02. The number of carbonyl (C=O) groups is 1. The van der Waals surface area contributed by atoms with Crippen LogP contribution in [0, 0.1) is 16.7 Å². The first-order valence-corrected chi connectivity index (χ1v) is 9.14. The van der Waals surface area contributed by atoms with Crippen LogP contribution in [0.3, 0.4) is 0 Å². The number of nitriles is 1. The zero-order valence-corrected chi connectivity index (χ0v) is 14.7. The molecule has 1 amide bonds. The highest BCUT2D eigenvalue weighted by Gasteiger charge is 2.60. The molecule has 0 aromatic heterocycles. The lowest BCUT2D eigenvalue weighted by Crippen LogP contribution is -2.64. The molecule has 1 saturated carbocycles. The molecule has 1 N–H and O–H groups in total. The van der Waals surface area contributed by atoms with Gasteiger partial charge in [-0.3, -0.25) is 9.69 Å². The predicted molar refractivity (Wildman–Crippen MR) is 95.7 cm³/mol. The van der Waals surface area contributed by atoms with E-state index in [9.17, 15) is 9.90 Å². The van der Waals surface area contributed by atoms with Crippen molar-refractivity contribution in [3.63, 3.8) is 0 Å². The van der Waals surface area contributed by atoms with Gasteiger partial charge in [0.1, 0.15) is 5.84 Å². The first-order valence-electron chi connectivity index (χ1n) is 9.14. The van der Waals surface area contributed by atoms with Crippen molar-refractivity contribution in [2.24, 2.45) is 10.4 Å². The van der Waals surface area contributed by atoms with Crippen LogP contribution in [-0.2, 0) is 4.79 Å². The van der Waals surface area contributed by atoms with Crippen LogP contribution in [0.1, 0.15) is 57.4 Å². The van der Waals surface area contributed by atoms with Crippen molar-refractivity contribution in [1.29, 1.82) is 5.26 Å². The number of amides is 1. The van der Waals surface area contributed by atoms with Crippen molar-refractivity contribution in [3.8, 4) is 6.07 Å². The van der Waals surface area contributed by atoms with Gasteiger partial charge >= 0.3 is 0 Å². The molecule has 3 rings (SSSR count). The van der Waals surface area contributed by atoms with Crippen LogP contribution in [0.25, 0.3) is 0 Å². The van der Waals surface area contributed by atoms with Gasteiger partial charge in [-0.2, -0.15) is 5.26 Å². The molecule has 2 unspecified atom stereocenters. The van der Waals surface area contributed by atoms with Crippen molar-refractivity contribution in [2.45, 2.75) is 57.6 Å². The average molecular weight is 339 g/mol. The van der Waals surface area contributed by atoms with Crippen LogP contribution in [0.4, 0.5) is 0 Å². The molecule has 2 aliphatic rings. The van der Waals surface area contributed by atoms with Crippen LogP contribution in [0.2, 0.25) is 0 Å². The summed E-state index contributed by atoms with van der Waals surface area (Å²) in [5.74, 6) is 0.428. The number of rotatable bonds is 5. The minimum atomic E-state index is -1.34. The van der Waals surface area contributed by atoms with Gasteiger partial charge in [0.2, 0.25) is 5.91 Å². The lowest BCUT2D eigenvalue weighted by molar-refractivity contribution is -0.171. The minimum Gasteiger partial charge on any atom is -0.368 e. The molecular weight excluding hydrogens is 314 g/mol. The molecule has 25 heavy (non-hydrogen) atoms. The van der Waals surface area contributed by atoms with E-state index in [0.717, 1.165) is 24.8 Å². The zero-order chi connectivity index (χ0) is 17.9. The summed E-state index contributed by atoms with van der Waals surface area (Å²) in [6, 6.07) is 11.6. The van der Waals surface area contributed by atoms with Gasteiger partial charge in [-0.15, -0.1) is 0 Å². The monoisotopic (exact) mass is 339 g/mol. The Morgan fingerprint density at radius 3 is 2.68 bits per heavy atom. The third-order valence-electron chi connectivity index (χ3n) is 5.50. The van der Waals surface area contributed by atoms with E-state index in [1.165, 1.54) is 0 Å². The van der Waals surface area contributed by atoms with E-state index in [-0.39, 0.29) is 12.3 Å². The molecule has 1 heterocycles. The van der Waals surface area contributed by atoms with Gasteiger partial charge in [-0.25, -0.2) is 4.99 Å². The van der Waals surface area contributed by atoms with Crippen LogP contribution >= 0.6 is 0 Å². The number of amidine groups is 1. The van der Waals surface area contributed by atoms with Gasteiger partial charge in [0.25, 0.3) is 0 Å². The highest BCUT2D eigenvalue weighted by atomic mass is 16.3. The van der Waals surface area contributed by atoms with Crippen LogP contribution in [0.5, 0.6) is 0 Å². The van der Waals surface area contributed by atoms with Crippen LogP contribution in [-0.4, -0.2) is 34.0 Å². The number of aliphatic hydroxyl groups is 1. The minimum absolute atomic E-state index is 0.0688. The van der Waals surface area contributed by atoms with Crippen molar-refractivity contribution < 1.29 is 9.90 Å². The van der Waals surface area contributed by atoms with Gasteiger partial charge in [-0.1, -0.05) is 50.1 Å². The Morgan fingerprint density at radius 1 is 1.28 bits per heavy atom. The molecule has 5 heteroatoms. The molecule has 132 valence electrons. The van der Waals surface area contributed by atoms with E-state index >= 15 is 0 Å². The van der Waals surface area contributed by atoms with Crippen molar-refractivity contribution in [3.05, 3.63) is 35.9 Å². The standard InChI is InChI=1S/C20H25N3O2/c1-2-11-19-12-6-7-13-20(19,25)22-17(16-9-4-3-5-10-16)23(18(19)24)15-8-14-21/h3-5,9-10,25H,2,6-8,11-13,15H2,1H3. The molecule has 0 radical (unpaired) electrons. The highest BCUT2D eigenvalue weighted by Crippen LogP contribution is 2.52. The fourth-order valence-electron chi connectivity index (χ4n) is 4.30. The molecular formula is C20H25N3O2. The SMILES string of the molecule is CCCC12CCCCC1(O)N=C(c1ccccc1)N(CCC#N)C2=O. The maximum absolute atomic E-state index is 13.5. The van der Waals surface area contributed by atoms with Gasteiger partial charge in [0.05, 0.1) is 17.9 Å². The molecule has 0 spiro atoms. The van der Waals surface area contributed by atoms with E-state index < -0.39 is 11.1 Å². The number of fused-ring (bicyclic) bond motifs is 1. The topological polar surface area (TPSA) is 76.7 Å². The molecule has 2 atom stereocenters. The smallest absolute Gasteiger partial charge is 0.239 e. The number of nitrogens with zero attached hydrogens (tertiary/aromatic N) is 3. The fraction of sp³-hybridized carbons (Fsp3) is 0.550. The maximum Gasteiger partial charge on any atom is 0.239 e. The molecule has 1 aromatic carbocycles. The van der Waals surface area contributed by atoms with Gasteiger partial charge in [-0.05, 0) is 25.7 Å². The Morgan fingerprint density at radius 2 is 2.00 bits per heavy atom. The first-order chi connectivity index (χ1) is 12.1. The van der Waals surface area contributed by atoms with Crippen LogP contribution in [0.15, 0.2) is 35.3 Å². The summed E-state index contributed by atoms with van der Waals surface area (Å²) >= 11 is 0. The van der Waals surface area contributed by atoms with Crippen molar-refractivity contribution >= 4 is 11.7 Å². The Hall–Kier alpha value is -2.19. The summed E-state index contributed by atoms with van der Waals surface area (Å²) in [6.45, 7) is 2.34. The van der Waals surface area contributed by atoms with Crippen molar-refractivity contribution in [2.75, 3.05) is 6.54 Å². The number of hydrogen-bond donors (Lipinski definition) is 1. The van der Waals surface area contributed by atoms with E-state index in [2.05, 4.69) is 6.07 Å². The van der Waals surface area contributed by atoms with Crippen LogP contribution < -0.4 is 0 Å². The number of carbonyl (C=O) groups excluding carboxylic acids is 1. The fourth-order valence-corrected chi connectivity index (χ4v) is 4.30. The van der Waals surface area contributed by atoms with E-state index in [0.29, 0.717) is 31.6 Å². The van der Waals surface area contributed by atoms with Gasteiger partial charge < -0.3 is 5.11 Å². The lowest BCUT2D eigenvalue weighted by Gasteiger charge is -2.52. The summed E-state index contributed by atoms with van der Waals surface area (Å²) in [5.41, 5.74) is -1.39. The molecule has 1 aliphatic carbocycles. The lowest BCUT2D eigenvalue weighted by atomic mass is 9.63. The molecule has 5 nitrogen and oxygen atoms in total. The molecule has 1 aliphatic heterocycles.